The fraction of sp³-hybridized carbons (Fsp3) is 0.222. The van der Waals surface area contributed by atoms with Gasteiger partial charge in [-0.2, -0.15) is 0 Å². The van der Waals surface area contributed by atoms with Crippen LogP contribution in [0.2, 0.25) is 0 Å². The highest BCUT2D eigenvalue weighted by Crippen LogP contribution is 2.26. The molecule has 0 unspecified atom stereocenters. The lowest BCUT2D eigenvalue weighted by molar-refractivity contribution is -0.117. The van der Waals surface area contributed by atoms with Gasteiger partial charge in [0.05, 0.1) is 18.8 Å². The fourth-order valence-corrected chi connectivity index (χ4v) is 3.15. The van der Waals surface area contributed by atoms with E-state index in [1.54, 1.807) is 28.1 Å². The number of aliphatic hydroxyl groups excluding tert-OH is 1. The number of carbonyl (C=O) groups excluding carboxylic acids is 1. The highest BCUT2D eigenvalue weighted by molar-refractivity contribution is 5.98. The molecule has 4 rings (SSSR count). The summed E-state index contributed by atoms with van der Waals surface area (Å²) in [6.45, 7) is 0.693. The van der Waals surface area contributed by atoms with Crippen molar-refractivity contribution in [2.24, 2.45) is 0 Å². The summed E-state index contributed by atoms with van der Waals surface area (Å²) in [7, 11) is 0. The number of halogens is 1. The average molecular weight is 340 g/mol. The van der Waals surface area contributed by atoms with Crippen LogP contribution in [0.15, 0.2) is 48.9 Å². The number of piperazine rings is 1. The predicted molar refractivity (Wildman–Crippen MR) is 92.1 cm³/mol. The van der Waals surface area contributed by atoms with Crippen LogP contribution in [0.5, 0.6) is 0 Å². The molecular formula is C18H17FN4O2. The van der Waals surface area contributed by atoms with E-state index in [1.165, 1.54) is 6.07 Å². The molecule has 25 heavy (non-hydrogen) atoms. The first-order chi connectivity index (χ1) is 12.2. The molecule has 0 bridgehead atoms. The van der Waals surface area contributed by atoms with Crippen LogP contribution >= 0.6 is 0 Å². The molecule has 0 saturated carbocycles. The van der Waals surface area contributed by atoms with Crippen LogP contribution in [0.1, 0.15) is 5.56 Å². The van der Waals surface area contributed by atoms with Crippen molar-refractivity contribution in [2.75, 3.05) is 29.4 Å². The van der Waals surface area contributed by atoms with Crippen molar-refractivity contribution in [1.29, 1.82) is 0 Å². The van der Waals surface area contributed by atoms with Gasteiger partial charge in [-0.15, -0.1) is 0 Å². The van der Waals surface area contributed by atoms with Gasteiger partial charge in [0.1, 0.15) is 5.65 Å². The van der Waals surface area contributed by atoms with E-state index >= 15 is 0 Å². The largest absolute Gasteiger partial charge is 0.392 e. The Hall–Kier alpha value is -2.93. The minimum atomic E-state index is -0.468. The molecule has 0 aliphatic carbocycles. The van der Waals surface area contributed by atoms with Gasteiger partial charge in [-0.05, 0) is 12.1 Å². The van der Waals surface area contributed by atoms with Crippen molar-refractivity contribution in [3.63, 3.8) is 0 Å². The minimum absolute atomic E-state index is 0.0887. The van der Waals surface area contributed by atoms with Crippen molar-refractivity contribution in [3.05, 3.63) is 60.3 Å². The summed E-state index contributed by atoms with van der Waals surface area (Å²) in [4.78, 5) is 20.2. The van der Waals surface area contributed by atoms with E-state index in [4.69, 9.17) is 0 Å². The Balaban J connectivity index is 1.57. The molecule has 2 aromatic heterocycles. The topological polar surface area (TPSA) is 61.1 Å². The number of fused-ring (bicyclic) bond motifs is 1. The lowest BCUT2D eigenvalue weighted by atomic mass is 10.1. The fourth-order valence-electron chi connectivity index (χ4n) is 3.15. The molecule has 6 nitrogen and oxygen atoms in total. The molecule has 3 heterocycles. The molecule has 1 amide bonds. The number of hydrogen-bond donors (Lipinski definition) is 1. The molecule has 3 aromatic rings. The van der Waals surface area contributed by atoms with E-state index < -0.39 is 5.82 Å². The standard InChI is InChI=1S/C18H17FN4O2/c19-18-13(12-24)2-1-3-15(18)22-8-9-23(17(25)11-22)14-4-6-21-7-5-20-16(21)10-14/h1-7,10,24H,8-9,11-12H2. The third kappa shape index (κ3) is 2.72. The average Bonchev–Trinajstić information content (AvgIpc) is 3.09. The Kier molecular flexibility index (Phi) is 3.85. The van der Waals surface area contributed by atoms with Gasteiger partial charge in [-0.3, -0.25) is 4.79 Å². The van der Waals surface area contributed by atoms with Crippen molar-refractivity contribution in [1.82, 2.24) is 9.38 Å². The van der Waals surface area contributed by atoms with Crippen LogP contribution in [0.4, 0.5) is 15.8 Å². The molecule has 1 aliphatic heterocycles. The molecule has 1 aliphatic rings. The number of imidazole rings is 1. The maximum absolute atomic E-state index is 14.4. The van der Waals surface area contributed by atoms with Crippen molar-refractivity contribution >= 4 is 22.9 Å². The van der Waals surface area contributed by atoms with Crippen molar-refractivity contribution < 1.29 is 14.3 Å². The van der Waals surface area contributed by atoms with Crippen molar-refractivity contribution in [2.45, 2.75) is 6.61 Å². The first-order valence-electron chi connectivity index (χ1n) is 8.03. The molecule has 7 heteroatoms. The van der Waals surface area contributed by atoms with Gasteiger partial charge in [-0.25, -0.2) is 9.37 Å². The Bertz CT molecular complexity index is 940. The van der Waals surface area contributed by atoms with Crippen LogP contribution < -0.4 is 9.80 Å². The van der Waals surface area contributed by atoms with Crippen LogP contribution in [-0.4, -0.2) is 40.0 Å². The number of amides is 1. The lowest BCUT2D eigenvalue weighted by Gasteiger charge is -2.36. The van der Waals surface area contributed by atoms with E-state index in [9.17, 15) is 14.3 Å². The van der Waals surface area contributed by atoms with Gasteiger partial charge >= 0.3 is 0 Å². The second kappa shape index (κ2) is 6.18. The van der Waals surface area contributed by atoms with Crippen LogP contribution in [0, 0.1) is 5.82 Å². The summed E-state index contributed by atoms with van der Waals surface area (Å²) in [5.74, 6) is -0.569. The Morgan fingerprint density at radius 1 is 1.20 bits per heavy atom. The number of aromatic nitrogens is 2. The number of nitrogens with zero attached hydrogens (tertiary/aromatic N) is 4. The molecule has 0 spiro atoms. The summed E-state index contributed by atoms with van der Waals surface area (Å²) in [6, 6.07) is 8.59. The minimum Gasteiger partial charge on any atom is -0.392 e. The van der Waals surface area contributed by atoms with E-state index in [0.29, 0.717) is 18.8 Å². The molecule has 1 N–H and O–H groups in total. The molecule has 1 saturated heterocycles. The number of anilines is 2. The van der Waals surface area contributed by atoms with E-state index in [0.717, 1.165) is 11.3 Å². The van der Waals surface area contributed by atoms with E-state index in [2.05, 4.69) is 4.98 Å². The number of pyridine rings is 1. The summed E-state index contributed by atoms with van der Waals surface area (Å²) in [6.07, 6.45) is 5.41. The zero-order valence-electron chi connectivity index (χ0n) is 13.5. The van der Waals surface area contributed by atoms with Crippen LogP contribution in [-0.2, 0) is 11.4 Å². The van der Waals surface area contributed by atoms with Crippen LogP contribution in [0.3, 0.4) is 0 Å². The quantitative estimate of drug-likeness (QED) is 0.790. The molecule has 128 valence electrons. The number of benzene rings is 1. The Labute approximate surface area is 143 Å². The zero-order chi connectivity index (χ0) is 17.4. The van der Waals surface area contributed by atoms with Gasteiger partial charge in [0.15, 0.2) is 5.82 Å². The van der Waals surface area contributed by atoms with E-state index in [1.807, 2.05) is 28.9 Å². The van der Waals surface area contributed by atoms with Gasteiger partial charge in [0.2, 0.25) is 5.91 Å². The molecule has 0 atom stereocenters. The first-order valence-corrected chi connectivity index (χ1v) is 8.03. The highest BCUT2D eigenvalue weighted by Gasteiger charge is 2.27. The molecular weight excluding hydrogens is 323 g/mol. The lowest BCUT2D eigenvalue weighted by Crippen LogP contribution is -2.51. The molecule has 1 fully saturated rings. The van der Waals surface area contributed by atoms with Gasteiger partial charge in [-0.1, -0.05) is 12.1 Å². The predicted octanol–water partition coefficient (Wildman–Crippen LogP) is 1.82. The summed E-state index contributed by atoms with van der Waals surface area (Å²) < 4.78 is 16.3. The highest BCUT2D eigenvalue weighted by atomic mass is 19.1. The molecule has 1 aromatic carbocycles. The number of hydrogen-bond acceptors (Lipinski definition) is 4. The van der Waals surface area contributed by atoms with Gasteiger partial charge in [0, 0.05) is 49.0 Å². The van der Waals surface area contributed by atoms with Gasteiger partial charge < -0.3 is 19.3 Å². The SMILES string of the molecule is O=C1CN(c2cccc(CO)c2F)CCN1c1ccn2ccnc2c1. The zero-order valence-corrected chi connectivity index (χ0v) is 13.5. The van der Waals surface area contributed by atoms with E-state index in [-0.39, 0.29) is 24.6 Å². The third-order valence-corrected chi connectivity index (χ3v) is 4.48. The summed E-state index contributed by atoms with van der Waals surface area (Å²) in [5, 5.41) is 9.21. The third-order valence-electron chi connectivity index (χ3n) is 4.48. The maximum Gasteiger partial charge on any atom is 0.246 e. The Morgan fingerprint density at radius 2 is 2.08 bits per heavy atom. The first kappa shape index (κ1) is 15.6. The van der Waals surface area contributed by atoms with Gasteiger partial charge in [0.25, 0.3) is 0 Å². The second-order valence-electron chi connectivity index (χ2n) is 5.95. The van der Waals surface area contributed by atoms with Crippen molar-refractivity contribution in [3.8, 4) is 0 Å². The maximum atomic E-state index is 14.4. The number of carbonyl (C=O) groups is 1. The second-order valence-corrected chi connectivity index (χ2v) is 5.95. The Morgan fingerprint density at radius 3 is 2.88 bits per heavy atom. The summed E-state index contributed by atoms with van der Waals surface area (Å²) >= 11 is 0. The number of aliphatic hydroxyl groups is 1. The normalized spacial score (nSPS) is 15.2. The summed E-state index contributed by atoms with van der Waals surface area (Å²) in [5.41, 5.74) is 2.14. The number of rotatable bonds is 3. The monoisotopic (exact) mass is 340 g/mol. The van der Waals surface area contributed by atoms with Crippen LogP contribution in [0.25, 0.3) is 5.65 Å². The smallest absolute Gasteiger partial charge is 0.246 e. The molecule has 0 radical (unpaired) electrons.